The molecule has 0 unspecified atom stereocenters. The molecule has 0 fully saturated rings. The molecule has 1 heterocycles. The molecule has 0 amide bonds. The maximum absolute atomic E-state index is 13.1. The second-order valence-corrected chi connectivity index (χ2v) is 11.7. The first-order valence-electron chi connectivity index (χ1n) is 11.7. The van der Waals surface area contributed by atoms with Crippen molar-refractivity contribution < 1.29 is 22.2 Å². The number of carbonyl (C=O) groups is 2. The van der Waals surface area contributed by atoms with Crippen LogP contribution >= 0.6 is 15.9 Å². The molecule has 0 saturated carbocycles. The summed E-state index contributed by atoms with van der Waals surface area (Å²) in [5.74, 6) is -0.149. The number of rotatable bonds is 4. The van der Waals surface area contributed by atoms with Gasteiger partial charge >= 0.3 is 10.1 Å². The van der Waals surface area contributed by atoms with Crippen LogP contribution in [0, 0.1) is 6.92 Å². The summed E-state index contributed by atoms with van der Waals surface area (Å²) < 4.78 is 31.5. The van der Waals surface area contributed by atoms with Gasteiger partial charge in [0.05, 0.1) is 4.47 Å². The Bertz CT molecular complexity index is 1360. The van der Waals surface area contributed by atoms with Gasteiger partial charge in [-0.25, -0.2) is 0 Å². The third-order valence-corrected chi connectivity index (χ3v) is 8.91. The third kappa shape index (κ3) is 4.27. The smallest absolute Gasteiger partial charge is 0.339 e. The number of hydrogen-bond donors (Lipinski definition) is 0. The standard InChI is InChI=1S/C27H26BrNO5S/c1-16-9-12-18(13-10-16)35(32,33)34-24-14-11-17(15-19(24)28)25-26-20(5-3-7-22(26)30)29(2)21-6-4-8-23(31)27(21)25/h9-15,25H,3-8H2,1-2H3. The first-order chi connectivity index (χ1) is 16.7. The number of hydrogen-bond acceptors (Lipinski definition) is 6. The van der Waals surface area contributed by atoms with Crippen LogP contribution in [-0.2, 0) is 19.7 Å². The number of aryl methyl sites for hydroxylation is 1. The summed E-state index contributed by atoms with van der Waals surface area (Å²) in [7, 11) is -2.06. The Morgan fingerprint density at radius 1 is 0.886 bits per heavy atom. The summed E-state index contributed by atoms with van der Waals surface area (Å²) in [6.07, 6.45) is 4.15. The Morgan fingerprint density at radius 2 is 1.46 bits per heavy atom. The van der Waals surface area contributed by atoms with Crippen molar-refractivity contribution in [3.05, 3.63) is 80.6 Å². The van der Waals surface area contributed by atoms with Gasteiger partial charge in [-0.2, -0.15) is 8.42 Å². The van der Waals surface area contributed by atoms with E-state index in [9.17, 15) is 18.0 Å². The third-order valence-electron chi connectivity index (χ3n) is 7.04. The Kier molecular flexibility index (Phi) is 6.21. The molecule has 0 spiro atoms. The lowest BCUT2D eigenvalue weighted by molar-refractivity contribution is -0.117. The number of carbonyl (C=O) groups excluding carboxylic acids is 2. The van der Waals surface area contributed by atoms with Gasteiger partial charge in [-0.15, -0.1) is 0 Å². The highest BCUT2D eigenvalue weighted by atomic mass is 79.9. The Hall–Kier alpha value is -2.71. The molecule has 5 rings (SSSR count). The molecule has 0 aromatic heterocycles. The number of Topliss-reactive ketones (excluding diaryl/α,β-unsaturated/α-hetero) is 2. The number of allylic oxidation sites excluding steroid dienone is 4. The fraction of sp³-hybridized carbons (Fsp3) is 0.333. The quantitative estimate of drug-likeness (QED) is 0.459. The summed E-state index contributed by atoms with van der Waals surface area (Å²) in [6, 6.07) is 11.6. The first-order valence-corrected chi connectivity index (χ1v) is 13.9. The van der Waals surface area contributed by atoms with Gasteiger partial charge in [0.15, 0.2) is 17.3 Å². The molecule has 1 aliphatic heterocycles. The summed E-state index contributed by atoms with van der Waals surface area (Å²) >= 11 is 3.47. The fourth-order valence-corrected chi connectivity index (χ4v) is 6.85. The van der Waals surface area contributed by atoms with Gasteiger partial charge in [-0.1, -0.05) is 23.8 Å². The minimum Gasteiger partial charge on any atom is -0.378 e. The highest BCUT2D eigenvalue weighted by Gasteiger charge is 2.42. The minimum absolute atomic E-state index is 0.0691. The van der Waals surface area contributed by atoms with Crippen molar-refractivity contribution in [1.29, 1.82) is 0 Å². The molecular formula is C27H26BrNO5S. The topological polar surface area (TPSA) is 80.8 Å². The molecule has 0 saturated heterocycles. The number of nitrogens with zero attached hydrogens (tertiary/aromatic N) is 1. The maximum atomic E-state index is 13.1. The molecule has 6 nitrogen and oxygen atoms in total. The number of halogens is 1. The Labute approximate surface area is 213 Å². The normalized spacial score (nSPS) is 19.1. The van der Waals surface area contributed by atoms with Crippen LogP contribution in [0.4, 0.5) is 0 Å². The SMILES string of the molecule is Cc1ccc(S(=O)(=O)Oc2ccc(C3C4=C(CCCC4=O)N(C)C4=C3C(=O)CCC4)cc2Br)cc1. The van der Waals surface area contributed by atoms with Crippen molar-refractivity contribution >= 4 is 37.6 Å². The van der Waals surface area contributed by atoms with Crippen molar-refractivity contribution in [1.82, 2.24) is 4.90 Å². The summed E-state index contributed by atoms with van der Waals surface area (Å²) in [5.41, 5.74) is 5.11. The highest BCUT2D eigenvalue weighted by molar-refractivity contribution is 9.10. The molecule has 2 aromatic carbocycles. The van der Waals surface area contributed by atoms with E-state index in [1.807, 2.05) is 14.0 Å². The number of benzene rings is 2. The largest absolute Gasteiger partial charge is 0.378 e. The second-order valence-electron chi connectivity index (χ2n) is 9.31. The van der Waals surface area contributed by atoms with E-state index in [2.05, 4.69) is 20.8 Å². The van der Waals surface area contributed by atoms with Gasteiger partial charge in [0, 0.05) is 48.3 Å². The van der Waals surface area contributed by atoms with Crippen molar-refractivity contribution in [2.45, 2.75) is 56.3 Å². The molecule has 182 valence electrons. The van der Waals surface area contributed by atoms with Crippen molar-refractivity contribution in [2.75, 3.05) is 7.05 Å². The van der Waals surface area contributed by atoms with Crippen molar-refractivity contribution in [3.8, 4) is 5.75 Å². The van der Waals surface area contributed by atoms with Crippen LogP contribution in [-0.4, -0.2) is 31.9 Å². The van der Waals surface area contributed by atoms with Crippen LogP contribution in [0.2, 0.25) is 0 Å². The van der Waals surface area contributed by atoms with E-state index in [1.54, 1.807) is 30.3 Å². The first kappa shape index (κ1) is 24.0. The van der Waals surface area contributed by atoms with Gasteiger partial charge < -0.3 is 9.08 Å². The van der Waals surface area contributed by atoms with Crippen LogP contribution < -0.4 is 4.18 Å². The van der Waals surface area contributed by atoms with Crippen LogP contribution in [0.25, 0.3) is 0 Å². The predicted molar refractivity (Wildman–Crippen MR) is 135 cm³/mol. The molecule has 2 aromatic rings. The van der Waals surface area contributed by atoms with Crippen LogP contribution in [0.15, 0.2) is 74.4 Å². The molecule has 2 aliphatic carbocycles. The van der Waals surface area contributed by atoms with E-state index < -0.39 is 16.0 Å². The van der Waals surface area contributed by atoms with Crippen LogP contribution in [0.3, 0.4) is 0 Å². The summed E-state index contributed by atoms with van der Waals surface area (Å²) in [5, 5.41) is 0. The molecule has 8 heteroatoms. The monoisotopic (exact) mass is 555 g/mol. The Morgan fingerprint density at radius 3 is 2.00 bits per heavy atom. The van der Waals surface area contributed by atoms with Gasteiger partial charge in [0.25, 0.3) is 0 Å². The van der Waals surface area contributed by atoms with Gasteiger partial charge in [0.2, 0.25) is 0 Å². The minimum atomic E-state index is -4.02. The average Bonchev–Trinajstić information content (AvgIpc) is 2.82. The van der Waals surface area contributed by atoms with E-state index in [0.717, 1.165) is 48.2 Å². The molecule has 0 bridgehead atoms. The molecule has 0 atom stereocenters. The van der Waals surface area contributed by atoms with Gasteiger partial charge in [-0.3, -0.25) is 9.59 Å². The zero-order valence-electron chi connectivity index (χ0n) is 19.6. The van der Waals surface area contributed by atoms with E-state index in [-0.39, 0.29) is 22.2 Å². The van der Waals surface area contributed by atoms with Crippen LogP contribution in [0.1, 0.15) is 55.6 Å². The Balaban J connectivity index is 1.56. The van der Waals surface area contributed by atoms with Gasteiger partial charge in [-0.05, 0) is 78.4 Å². The zero-order valence-corrected chi connectivity index (χ0v) is 22.0. The fourth-order valence-electron chi connectivity index (χ4n) is 5.32. The summed E-state index contributed by atoms with van der Waals surface area (Å²) in [6.45, 7) is 1.88. The molecule has 35 heavy (non-hydrogen) atoms. The van der Waals surface area contributed by atoms with E-state index >= 15 is 0 Å². The lowest BCUT2D eigenvalue weighted by atomic mass is 9.71. The summed E-state index contributed by atoms with van der Waals surface area (Å²) in [4.78, 5) is 28.4. The van der Waals surface area contributed by atoms with Crippen molar-refractivity contribution in [2.24, 2.45) is 0 Å². The lowest BCUT2D eigenvalue weighted by Crippen LogP contribution is -2.37. The lowest BCUT2D eigenvalue weighted by Gasteiger charge is -2.42. The van der Waals surface area contributed by atoms with Crippen molar-refractivity contribution in [3.63, 3.8) is 0 Å². The molecule has 0 radical (unpaired) electrons. The van der Waals surface area contributed by atoms with Gasteiger partial charge in [0.1, 0.15) is 4.90 Å². The second kappa shape index (κ2) is 9.06. The average molecular weight is 556 g/mol. The van der Waals surface area contributed by atoms with E-state index in [0.29, 0.717) is 28.5 Å². The zero-order chi connectivity index (χ0) is 24.9. The number of ketones is 2. The maximum Gasteiger partial charge on any atom is 0.339 e. The highest BCUT2D eigenvalue weighted by Crippen LogP contribution is 2.49. The van der Waals surface area contributed by atoms with Crippen LogP contribution in [0.5, 0.6) is 5.75 Å². The predicted octanol–water partition coefficient (Wildman–Crippen LogP) is 5.57. The molecule has 3 aliphatic rings. The molecule has 0 N–H and O–H groups in total. The van der Waals surface area contributed by atoms with E-state index in [1.165, 1.54) is 12.1 Å². The van der Waals surface area contributed by atoms with E-state index in [4.69, 9.17) is 4.18 Å². The molecular weight excluding hydrogens is 530 g/mol.